The lowest BCUT2D eigenvalue weighted by atomic mass is 10.0. The Morgan fingerprint density at radius 2 is 1.56 bits per heavy atom. The number of aromatic nitrogens is 7. The van der Waals surface area contributed by atoms with E-state index >= 15 is 0 Å². The number of H-pyrrole nitrogens is 1. The number of rotatable bonds is 6. The van der Waals surface area contributed by atoms with Crippen LogP contribution >= 0.6 is 0 Å². The van der Waals surface area contributed by atoms with Crippen LogP contribution < -0.4 is 5.69 Å². The number of hydrogen-bond donors (Lipinski definition) is 1. The fourth-order valence-electron chi connectivity index (χ4n) is 5.78. The van der Waals surface area contributed by atoms with E-state index in [1.807, 2.05) is 72.4 Å². The van der Waals surface area contributed by atoms with Crippen LogP contribution in [0.3, 0.4) is 0 Å². The summed E-state index contributed by atoms with van der Waals surface area (Å²) in [4.78, 5) is 23.1. The molecule has 0 unspecified atom stereocenters. The Morgan fingerprint density at radius 3 is 2.32 bits per heavy atom. The van der Waals surface area contributed by atoms with Crippen molar-refractivity contribution in [3.8, 4) is 33.9 Å². The Hall–Kier alpha value is -4.89. The number of nitrogens with zero attached hydrogens (tertiary/aromatic N) is 7. The Kier molecular flexibility index (Phi) is 6.48. The van der Waals surface area contributed by atoms with E-state index in [1.165, 1.54) is 5.56 Å². The van der Waals surface area contributed by atoms with Crippen molar-refractivity contribution in [2.24, 2.45) is 7.05 Å². The molecule has 204 valence electrons. The molecule has 1 fully saturated rings. The molecule has 6 aromatic rings. The molecule has 0 spiro atoms. The van der Waals surface area contributed by atoms with Gasteiger partial charge in [0.2, 0.25) is 0 Å². The second-order valence-electron chi connectivity index (χ2n) is 10.6. The smallest absolute Gasteiger partial charge is 0.306 e. The predicted molar refractivity (Wildman–Crippen MR) is 159 cm³/mol. The molecule has 0 atom stereocenters. The highest BCUT2D eigenvalue weighted by Crippen LogP contribution is 2.31. The van der Waals surface area contributed by atoms with Gasteiger partial charge in [0.05, 0.1) is 22.8 Å². The zero-order chi connectivity index (χ0) is 27.8. The summed E-state index contributed by atoms with van der Waals surface area (Å²) in [6, 6.07) is 26.8. The summed E-state index contributed by atoms with van der Waals surface area (Å²) < 4.78 is 3.68. The number of para-hydroxylation sites is 2. The van der Waals surface area contributed by atoms with Crippen molar-refractivity contribution in [3.05, 3.63) is 107 Å². The van der Waals surface area contributed by atoms with Gasteiger partial charge >= 0.3 is 5.69 Å². The number of piperidine rings is 1. The second-order valence-corrected chi connectivity index (χ2v) is 10.6. The van der Waals surface area contributed by atoms with Crippen LogP contribution in [-0.4, -0.2) is 52.5 Å². The molecule has 7 rings (SSSR count). The fourth-order valence-corrected chi connectivity index (χ4v) is 5.78. The highest BCUT2D eigenvalue weighted by molar-refractivity contribution is 5.78. The molecule has 0 bridgehead atoms. The molecule has 1 saturated heterocycles. The standard InChI is InChI=1S/C32H30N8O/c1-38-21-25(19-33-38)31-35-29(30(36-37-31)23-7-3-2-4-8-23)24-13-11-22(12-14-24)20-39-17-15-26(16-18-39)40-28-10-6-5-9-27(28)34-32(40)41/h2-14,19,21,26H,15-18,20H2,1H3,(H,34,41). The molecule has 1 aliphatic heterocycles. The molecule has 1 N–H and O–H groups in total. The third kappa shape index (κ3) is 4.96. The maximum absolute atomic E-state index is 12.7. The van der Waals surface area contributed by atoms with Crippen LogP contribution in [-0.2, 0) is 13.6 Å². The van der Waals surface area contributed by atoms with E-state index in [2.05, 4.69) is 49.4 Å². The largest absolute Gasteiger partial charge is 0.326 e. The summed E-state index contributed by atoms with van der Waals surface area (Å²) in [6.45, 7) is 2.76. The molecule has 9 heteroatoms. The summed E-state index contributed by atoms with van der Waals surface area (Å²) in [7, 11) is 1.87. The van der Waals surface area contributed by atoms with E-state index in [-0.39, 0.29) is 11.7 Å². The minimum atomic E-state index is -0.0130. The first kappa shape index (κ1) is 25.1. The topological polar surface area (TPSA) is 97.5 Å². The SMILES string of the molecule is Cn1cc(-c2nnc(-c3ccccc3)c(-c3ccc(CN4CCC(n5c(=O)[nH]c6ccccc65)CC4)cc3)n2)cn1. The minimum absolute atomic E-state index is 0.0130. The van der Waals surface area contributed by atoms with Crippen LogP contribution in [0.25, 0.3) is 44.9 Å². The maximum atomic E-state index is 12.7. The van der Waals surface area contributed by atoms with Crippen molar-refractivity contribution in [1.82, 2.24) is 39.4 Å². The van der Waals surface area contributed by atoms with E-state index in [9.17, 15) is 4.79 Å². The van der Waals surface area contributed by atoms with Gasteiger partial charge in [0.1, 0.15) is 11.4 Å². The van der Waals surface area contributed by atoms with Gasteiger partial charge in [-0.25, -0.2) is 9.78 Å². The first-order valence-corrected chi connectivity index (χ1v) is 13.9. The normalized spacial score (nSPS) is 14.6. The Morgan fingerprint density at radius 1 is 0.829 bits per heavy atom. The molecule has 0 radical (unpaired) electrons. The monoisotopic (exact) mass is 542 g/mol. The number of benzene rings is 3. The van der Waals surface area contributed by atoms with Crippen LogP contribution in [0.2, 0.25) is 0 Å². The summed E-state index contributed by atoms with van der Waals surface area (Å²) in [5, 5.41) is 13.3. The molecule has 3 aromatic heterocycles. The molecule has 1 aliphatic rings. The van der Waals surface area contributed by atoms with Crippen molar-refractivity contribution in [2.75, 3.05) is 13.1 Å². The zero-order valence-electron chi connectivity index (χ0n) is 22.8. The third-order valence-corrected chi connectivity index (χ3v) is 7.88. The number of imidazole rings is 1. The first-order chi connectivity index (χ1) is 20.1. The number of likely N-dealkylation sites (tertiary alicyclic amines) is 1. The van der Waals surface area contributed by atoms with Crippen molar-refractivity contribution < 1.29 is 0 Å². The quantitative estimate of drug-likeness (QED) is 0.315. The predicted octanol–water partition coefficient (Wildman–Crippen LogP) is 5.09. The molecule has 0 saturated carbocycles. The lowest BCUT2D eigenvalue weighted by Crippen LogP contribution is -2.36. The summed E-state index contributed by atoms with van der Waals surface area (Å²) in [6.07, 6.45) is 5.54. The van der Waals surface area contributed by atoms with Gasteiger partial charge < -0.3 is 4.98 Å². The highest BCUT2D eigenvalue weighted by Gasteiger charge is 2.24. The van der Waals surface area contributed by atoms with Crippen LogP contribution in [0.4, 0.5) is 0 Å². The van der Waals surface area contributed by atoms with Gasteiger partial charge in [-0.3, -0.25) is 14.1 Å². The number of hydrogen-bond acceptors (Lipinski definition) is 6. The van der Waals surface area contributed by atoms with Gasteiger partial charge in [0, 0.05) is 50.0 Å². The fraction of sp³-hybridized carbons (Fsp3) is 0.219. The van der Waals surface area contributed by atoms with Crippen molar-refractivity contribution in [1.29, 1.82) is 0 Å². The average molecular weight is 543 g/mol. The maximum Gasteiger partial charge on any atom is 0.326 e. The minimum Gasteiger partial charge on any atom is -0.306 e. The molecule has 9 nitrogen and oxygen atoms in total. The van der Waals surface area contributed by atoms with Crippen LogP contribution in [0.1, 0.15) is 24.4 Å². The molecule has 4 heterocycles. The Balaban J connectivity index is 1.10. The Labute approximate surface area is 237 Å². The average Bonchev–Trinajstić information content (AvgIpc) is 3.60. The molecule has 0 aliphatic carbocycles. The molecular formula is C32H30N8O. The van der Waals surface area contributed by atoms with Crippen molar-refractivity contribution >= 4 is 11.0 Å². The van der Waals surface area contributed by atoms with E-state index in [0.29, 0.717) is 5.82 Å². The second kappa shape index (κ2) is 10.6. The third-order valence-electron chi connectivity index (χ3n) is 7.88. The lowest BCUT2D eigenvalue weighted by molar-refractivity contribution is 0.180. The van der Waals surface area contributed by atoms with E-state index in [4.69, 9.17) is 4.98 Å². The zero-order valence-corrected chi connectivity index (χ0v) is 22.8. The van der Waals surface area contributed by atoms with Gasteiger partial charge in [0.15, 0.2) is 5.82 Å². The number of aromatic amines is 1. The van der Waals surface area contributed by atoms with E-state index in [1.54, 1.807) is 10.9 Å². The van der Waals surface area contributed by atoms with Crippen molar-refractivity contribution in [3.63, 3.8) is 0 Å². The van der Waals surface area contributed by atoms with Gasteiger partial charge in [-0.05, 0) is 30.5 Å². The van der Waals surface area contributed by atoms with Crippen LogP contribution in [0, 0.1) is 0 Å². The van der Waals surface area contributed by atoms with Gasteiger partial charge in [-0.2, -0.15) is 5.10 Å². The Bertz CT molecular complexity index is 1860. The molecule has 41 heavy (non-hydrogen) atoms. The number of fused-ring (bicyclic) bond motifs is 1. The molecular weight excluding hydrogens is 512 g/mol. The summed E-state index contributed by atoms with van der Waals surface area (Å²) in [5.41, 5.74) is 7.46. The lowest BCUT2D eigenvalue weighted by Gasteiger charge is -2.32. The summed E-state index contributed by atoms with van der Waals surface area (Å²) >= 11 is 0. The number of aryl methyl sites for hydroxylation is 1. The molecule has 0 amide bonds. The van der Waals surface area contributed by atoms with Gasteiger partial charge in [-0.15, -0.1) is 10.2 Å². The highest BCUT2D eigenvalue weighted by atomic mass is 16.1. The summed E-state index contributed by atoms with van der Waals surface area (Å²) in [5.74, 6) is 0.550. The van der Waals surface area contributed by atoms with E-state index < -0.39 is 0 Å². The van der Waals surface area contributed by atoms with Crippen LogP contribution in [0.15, 0.2) is 96.1 Å². The first-order valence-electron chi connectivity index (χ1n) is 13.9. The number of nitrogens with one attached hydrogen (secondary N) is 1. The van der Waals surface area contributed by atoms with Crippen molar-refractivity contribution in [2.45, 2.75) is 25.4 Å². The van der Waals surface area contributed by atoms with Gasteiger partial charge in [-0.1, -0.05) is 66.7 Å². The molecule has 3 aromatic carbocycles. The van der Waals surface area contributed by atoms with Gasteiger partial charge in [0.25, 0.3) is 0 Å². The van der Waals surface area contributed by atoms with Crippen LogP contribution in [0.5, 0.6) is 0 Å². The van der Waals surface area contributed by atoms with E-state index in [0.717, 1.165) is 71.6 Å².